The Morgan fingerprint density at radius 1 is 1.05 bits per heavy atom. The predicted molar refractivity (Wildman–Crippen MR) is 165 cm³/mol. The van der Waals surface area contributed by atoms with E-state index in [1.807, 2.05) is 51.1 Å². The van der Waals surface area contributed by atoms with Gasteiger partial charge in [-0.1, -0.05) is 30.3 Å². The fourth-order valence-corrected chi connectivity index (χ4v) is 6.66. The zero-order valence-corrected chi connectivity index (χ0v) is 24.6. The molecule has 3 N–H and O–H groups in total. The first-order valence-electron chi connectivity index (χ1n) is 15.1. The van der Waals surface area contributed by atoms with E-state index in [0.717, 1.165) is 61.5 Å². The smallest absolute Gasteiger partial charge is 0.256 e. The molecule has 0 spiro atoms. The Kier molecular flexibility index (Phi) is 7.73. The third-order valence-corrected chi connectivity index (χ3v) is 9.00. The molecule has 2 atom stereocenters. The van der Waals surface area contributed by atoms with Crippen molar-refractivity contribution in [2.24, 2.45) is 0 Å². The molecule has 3 aliphatic heterocycles. The highest BCUT2D eigenvalue weighted by Gasteiger charge is 2.34. The Balaban J connectivity index is 1.24. The van der Waals surface area contributed by atoms with E-state index in [-0.39, 0.29) is 29.8 Å². The summed E-state index contributed by atoms with van der Waals surface area (Å²) in [5.74, 6) is -0.373. The number of nitrogens with one attached hydrogen (secondary N) is 3. The Morgan fingerprint density at radius 2 is 1.81 bits per heavy atom. The highest BCUT2D eigenvalue weighted by atomic mass is 16.2. The molecule has 3 amide bonds. The van der Waals surface area contributed by atoms with Crippen LogP contribution in [0.1, 0.15) is 87.4 Å². The number of nitrogens with zero attached hydrogens (tertiary/aromatic N) is 2. The number of H-pyrrole nitrogens is 1. The van der Waals surface area contributed by atoms with Crippen LogP contribution >= 0.6 is 0 Å². The first-order valence-corrected chi connectivity index (χ1v) is 15.1. The lowest BCUT2D eigenvalue weighted by Crippen LogP contribution is -2.42. The van der Waals surface area contributed by atoms with E-state index >= 15 is 0 Å². The van der Waals surface area contributed by atoms with Crippen LogP contribution in [0.4, 0.5) is 5.69 Å². The molecular formula is C34H39N5O3. The number of aromatic nitrogens is 1. The summed E-state index contributed by atoms with van der Waals surface area (Å²) in [7, 11) is 0. The summed E-state index contributed by atoms with van der Waals surface area (Å²) in [4.78, 5) is 47.9. The molecule has 42 heavy (non-hydrogen) atoms. The largest absolute Gasteiger partial charge is 0.358 e. The number of aryl methyl sites for hydroxylation is 1. The molecule has 0 unspecified atom stereocenters. The summed E-state index contributed by atoms with van der Waals surface area (Å²) >= 11 is 0. The molecule has 0 saturated carbocycles. The lowest BCUT2D eigenvalue weighted by Gasteiger charge is -2.28. The van der Waals surface area contributed by atoms with Crippen molar-refractivity contribution in [3.63, 3.8) is 0 Å². The average molecular weight is 566 g/mol. The van der Waals surface area contributed by atoms with Crippen molar-refractivity contribution in [2.45, 2.75) is 58.5 Å². The number of benzene rings is 2. The molecule has 0 radical (unpaired) electrons. The van der Waals surface area contributed by atoms with E-state index in [1.54, 1.807) is 24.3 Å². The third kappa shape index (κ3) is 5.39. The number of carbonyl (C=O) groups is 3. The van der Waals surface area contributed by atoms with Gasteiger partial charge in [-0.3, -0.25) is 14.4 Å². The number of likely N-dealkylation sites (tertiary alicyclic amines) is 2. The van der Waals surface area contributed by atoms with Gasteiger partial charge in [0, 0.05) is 47.3 Å². The van der Waals surface area contributed by atoms with E-state index < -0.39 is 0 Å². The minimum Gasteiger partial charge on any atom is -0.358 e. The van der Waals surface area contributed by atoms with Gasteiger partial charge in [-0.15, -0.1) is 0 Å². The van der Waals surface area contributed by atoms with Gasteiger partial charge in [-0.25, -0.2) is 0 Å². The molecular weight excluding hydrogens is 526 g/mol. The monoisotopic (exact) mass is 565 g/mol. The maximum Gasteiger partial charge on any atom is 0.256 e. The van der Waals surface area contributed by atoms with Crippen LogP contribution in [0.25, 0.3) is 11.6 Å². The number of aromatic amines is 1. The summed E-state index contributed by atoms with van der Waals surface area (Å²) in [6.45, 7) is 9.78. The Labute approximate surface area is 247 Å². The zero-order chi connectivity index (χ0) is 29.4. The van der Waals surface area contributed by atoms with Crippen LogP contribution in [0, 0.1) is 13.8 Å². The molecule has 3 aliphatic rings. The van der Waals surface area contributed by atoms with Gasteiger partial charge in [0.15, 0.2) is 0 Å². The van der Waals surface area contributed by atoms with Crippen molar-refractivity contribution >= 4 is 35.1 Å². The normalized spacial score (nSPS) is 20.2. The summed E-state index contributed by atoms with van der Waals surface area (Å²) in [6, 6.07) is 15.1. The van der Waals surface area contributed by atoms with Crippen molar-refractivity contribution in [2.75, 3.05) is 31.5 Å². The molecule has 4 heterocycles. The first-order chi connectivity index (χ1) is 20.3. The molecule has 1 aromatic heterocycles. The molecule has 0 aliphatic carbocycles. The number of hydrogen-bond donors (Lipinski definition) is 3. The highest BCUT2D eigenvalue weighted by molar-refractivity contribution is 6.35. The average Bonchev–Trinajstić information content (AvgIpc) is 3.78. The Bertz CT molecular complexity index is 1550. The van der Waals surface area contributed by atoms with Gasteiger partial charge in [0.2, 0.25) is 0 Å². The zero-order valence-electron chi connectivity index (χ0n) is 24.6. The second kappa shape index (κ2) is 11.6. The van der Waals surface area contributed by atoms with Crippen molar-refractivity contribution in [3.05, 3.63) is 87.7 Å². The number of amides is 3. The highest BCUT2D eigenvalue weighted by Crippen LogP contribution is 2.35. The topological polar surface area (TPSA) is 97.5 Å². The number of anilines is 1. The van der Waals surface area contributed by atoms with Crippen molar-refractivity contribution in [1.82, 2.24) is 20.1 Å². The van der Waals surface area contributed by atoms with Gasteiger partial charge in [0.25, 0.3) is 17.7 Å². The van der Waals surface area contributed by atoms with Gasteiger partial charge < -0.3 is 25.4 Å². The summed E-state index contributed by atoms with van der Waals surface area (Å²) in [5.41, 5.74) is 6.36. The van der Waals surface area contributed by atoms with Gasteiger partial charge in [-0.05, 0) is 94.9 Å². The SMILES string of the molecule is Cc1[nH]c(C=C2C(=O)Nc3ccc(C(=O)N[C@H](C)c4ccccc4)cc32)c(C)c1C(=O)N1CCC[C@H]1CN1CCCC1. The molecule has 8 nitrogen and oxygen atoms in total. The van der Waals surface area contributed by atoms with Crippen LogP contribution < -0.4 is 10.6 Å². The van der Waals surface area contributed by atoms with Crippen LogP contribution in [0.2, 0.25) is 0 Å². The number of rotatable bonds is 7. The number of hydrogen-bond acceptors (Lipinski definition) is 4. The number of fused-ring (bicyclic) bond motifs is 1. The van der Waals surface area contributed by atoms with Crippen LogP contribution in [0.15, 0.2) is 48.5 Å². The minimum absolute atomic E-state index is 0.0652. The minimum atomic E-state index is -0.232. The van der Waals surface area contributed by atoms with E-state index in [2.05, 4.69) is 25.4 Å². The molecule has 2 saturated heterocycles. The maximum atomic E-state index is 13.8. The molecule has 218 valence electrons. The lowest BCUT2D eigenvalue weighted by atomic mass is 10.0. The molecule has 2 aromatic carbocycles. The van der Waals surface area contributed by atoms with E-state index in [4.69, 9.17) is 0 Å². The van der Waals surface area contributed by atoms with Gasteiger partial charge >= 0.3 is 0 Å². The van der Waals surface area contributed by atoms with E-state index in [1.165, 1.54) is 12.8 Å². The van der Waals surface area contributed by atoms with Crippen LogP contribution in [-0.4, -0.2) is 64.7 Å². The fraction of sp³-hybridized carbons (Fsp3) is 0.382. The van der Waals surface area contributed by atoms with Crippen LogP contribution in [0.5, 0.6) is 0 Å². The van der Waals surface area contributed by atoms with Crippen molar-refractivity contribution in [3.8, 4) is 0 Å². The van der Waals surface area contributed by atoms with E-state index in [0.29, 0.717) is 28.0 Å². The maximum absolute atomic E-state index is 13.8. The summed E-state index contributed by atoms with van der Waals surface area (Å²) < 4.78 is 0. The lowest BCUT2D eigenvalue weighted by molar-refractivity contribution is -0.110. The fourth-order valence-electron chi connectivity index (χ4n) is 6.66. The summed E-state index contributed by atoms with van der Waals surface area (Å²) in [6.07, 6.45) is 6.36. The first kappa shape index (κ1) is 28.0. The van der Waals surface area contributed by atoms with E-state index in [9.17, 15) is 14.4 Å². The molecule has 8 heteroatoms. The van der Waals surface area contributed by atoms with Crippen LogP contribution in [-0.2, 0) is 4.79 Å². The number of carbonyl (C=O) groups excluding carboxylic acids is 3. The molecule has 6 rings (SSSR count). The van der Waals surface area contributed by atoms with Gasteiger partial charge in [-0.2, -0.15) is 0 Å². The van der Waals surface area contributed by atoms with Gasteiger partial charge in [0.1, 0.15) is 0 Å². The Morgan fingerprint density at radius 3 is 2.57 bits per heavy atom. The third-order valence-electron chi connectivity index (χ3n) is 9.00. The summed E-state index contributed by atoms with van der Waals surface area (Å²) in [5, 5.41) is 5.97. The molecule has 2 fully saturated rings. The predicted octanol–water partition coefficient (Wildman–Crippen LogP) is 5.32. The van der Waals surface area contributed by atoms with Gasteiger partial charge in [0.05, 0.1) is 17.2 Å². The van der Waals surface area contributed by atoms with Crippen LogP contribution in [0.3, 0.4) is 0 Å². The van der Waals surface area contributed by atoms with Crippen molar-refractivity contribution in [1.29, 1.82) is 0 Å². The second-order valence-corrected chi connectivity index (χ2v) is 11.8. The standard InChI is InChI=1S/C34H39N5O3/c1-21-30(35-23(3)31(21)34(42)39-17-9-12-26(39)20-38-15-7-8-16-38)19-28-27-18-25(13-14-29(27)37-33(28)41)32(40)36-22(2)24-10-5-4-6-11-24/h4-6,10-11,13-14,18-19,22,26,35H,7-9,12,15-17,20H2,1-3H3,(H,36,40)(H,37,41)/t22-,26+/m1/s1. The Hall–Kier alpha value is -4.17. The van der Waals surface area contributed by atoms with Crippen molar-refractivity contribution < 1.29 is 14.4 Å². The molecule has 0 bridgehead atoms. The molecule has 3 aromatic rings. The second-order valence-electron chi connectivity index (χ2n) is 11.8. The quantitative estimate of drug-likeness (QED) is 0.338.